The molecule has 0 bridgehead atoms. The summed E-state index contributed by atoms with van der Waals surface area (Å²) in [6.07, 6.45) is 6.16. The first-order chi connectivity index (χ1) is 14.1. The number of rotatable bonds is 6. The average molecular weight is 392 g/mol. The predicted octanol–water partition coefficient (Wildman–Crippen LogP) is 4.05. The molecule has 0 saturated carbocycles. The van der Waals surface area contributed by atoms with E-state index in [1.54, 1.807) is 35.6 Å². The third-order valence-electron chi connectivity index (χ3n) is 4.75. The molecule has 0 radical (unpaired) electrons. The molecule has 1 saturated heterocycles. The molecule has 0 aliphatic carbocycles. The van der Waals surface area contributed by atoms with Gasteiger partial charge in [-0.2, -0.15) is 0 Å². The number of halogens is 1. The predicted molar refractivity (Wildman–Crippen MR) is 110 cm³/mol. The highest BCUT2D eigenvalue weighted by Crippen LogP contribution is 2.29. The Balaban J connectivity index is 1.63. The summed E-state index contributed by atoms with van der Waals surface area (Å²) in [7, 11) is 0. The lowest BCUT2D eigenvalue weighted by Crippen LogP contribution is -2.24. The summed E-state index contributed by atoms with van der Waals surface area (Å²) in [6.45, 7) is 2.65. The highest BCUT2D eigenvalue weighted by molar-refractivity contribution is 5.96. The lowest BCUT2D eigenvalue weighted by Gasteiger charge is -2.20. The molecule has 2 N–H and O–H groups in total. The number of amides is 1. The molecule has 29 heavy (non-hydrogen) atoms. The Hall–Kier alpha value is -3.55. The van der Waals surface area contributed by atoms with Crippen LogP contribution in [-0.2, 0) is 4.79 Å². The topological polar surface area (TPSA) is 83.0 Å². The van der Waals surface area contributed by atoms with Gasteiger partial charge in [0, 0.05) is 43.5 Å². The van der Waals surface area contributed by atoms with Crippen molar-refractivity contribution >= 4 is 29.0 Å². The van der Waals surface area contributed by atoms with Crippen LogP contribution >= 0.6 is 0 Å². The van der Waals surface area contributed by atoms with Gasteiger partial charge in [0.2, 0.25) is 5.91 Å². The van der Waals surface area contributed by atoms with Gasteiger partial charge in [-0.05, 0) is 31.0 Å². The fraction of sp³-hybridized carbons (Fsp3) is 0.238. The second-order valence-corrected chi connectivity index (χ2v) is 6.88. The van der Waals surface area contributed by atoms with Gasteiger partial charge in [-0.1, -0.05) is 12.1 Å². The van der Waals surface area contributed by atoms with Gasteiger partial charge in [-0.25, -0.2) is 14.4 Å². The van der Waals surface area contributed by atoms with Crippen LogP contribution in [0.15, 0.2) is 55.0 Å². The first-order valence-corrected chi connectivity index (χ1v) is 9.46. The molecule has 3 aromatic rings. The minimum Gasteiger partial charge on any atom is -0.363 e. The molecule has 0 spiro atoms. The minimum absolute atomic E-state index is 0.0965. The van der Waals surface area contributed by atoms with E-state index in [2.05, 4.69) is 25.6 Å². The Bertz CT molecular complexity index is 996. The van der Waals surface area contributed by atoms with E-state index in [-0.39, 0.29) is 17.8 Å². The fourth-order valence-corrected chi connectivity index (χ4v) is 3.28. The third-order valence-corrected chi connectivity index (χ3v) is 4.75. The van der Waals surface area contributed by atoms with Crippen LogP contribution in [0.1, 0.15) is 31.4 Å². The van der Waals surface area contributed by atoms with Crippen LogP contribution in [0.3, 0.4) is 0 Å². The van der Waals surface area contributed by atoms with E-state index in [1.165, 1.54) is 12.1 Å². The van der Waals surface area contributed by atoms with Crippen molar-refractivity contribution in [2.75, 3.05) is 22.1 Å². The molecule has 8 heteroatoms. The number of hydrogen-bond acceptors (Lipinski definition) is 6. The van der Waals surface area contributed by atoms with Gasteiger partial charge in [0.1, 0.15) is 23.3 Å². The van der Waals surface area contributed by atoms with Crippen LogP contribution in [0.2, 0.25) is 0 Å². The number of nitrogens with zero attached hydrogens (tertiary/aromatic N) is 4. The summed E-state index contributed by atoms with van der Waals surface area (Å²) >= 11 is 0. The SMILES string of the molecule is C[C@H](Nc1cc(N2CCCC2=O)cc(Nc2cnccn2)n1)c1ccc(F)cc1. The maximum absolute atomic E-state index is 13.2. The quantitative estimate of drug-likeness (QED) is 0.658. The molecule has 1 fully saturated rings. The molecule has 0 unspecified atom stereocenters. The summed E-state index contributed by atoms with van der Waals surface area (Å²) in [5.41, 5.74) is 1.70. The minimum atomic E-state index is -0.274. The van der Waals surface area contributed by atoms with E-state index in [0.717, 1.165) is 17.7 Å². The zero-order chi connectivity index (χ0) is 20.2. The van der Waals surface area contributed by atoms with Gasteiger partial charge >= 0.3 is 0 Å². The van der Waals surface area contributed by atoms with Crippen molar-refractivity contribution in [3.8, 4) is 0 Å². The monoisotopic (exact) mass is 392 g/mol. The van der Waals surface area contributed by atoms with Gasteiger partial charge < -0.3 is 15.5 Å². The largest absolute Gasteiger partial charge is 0.363 e. The number of carbonyl (C=O) groups is 1. The van der Waals surface area contributed by atoms with Crippen LogP contribution in [0.25, 0.3) is 0 Å². The molecule has 1 amide bonds. The Morgan fingerprint density at radius 3 is 2.59 bits per heavy atom. The second-order valence-electron chi connectivity index (χ2n) is 6.88. The van der Waals surface area contributed by atoms with Crippen molar-refractivity contribution in [2.24, 2.45) is 0 Å². The molecule has 3 heterocycles. The Morgan fingerprint density at radius 1 is 1.10 bits per heavy atom. The van der Waals surface area contributed by atoms with Crippen LogP contribution in [-0.4, -0.2) is 27.4 Å². The zero-order valence-corrected chi connectivity index (χ0v) is 16.0. The Kier molecular flexibility index (Phi) is 5.33. The molecule has 7 nitrogen and oxygen atoms in total. The maximum atomic E-state index is 13.2. The molecular formula is C21H21FN6O. The summed E-state index contributed by atoms with van der Waals surface area (Å²) in [6, 6.07) is 9.91. The number of benzene rings is 1. The first-order valence-electron chi connectivity index (χ1n) is 9.46. The number of anilines is 4. The van der Waals surface area contributed by atoms with Crippen molar-refractivity contribution in [2.45, 2.75) is 25.8 Å². The smallest absolute Gasteiger partial charge is 0.227 e. The van der Waals surface area contributed by atoms with Crippen molar-refractivity contribution in [3.63, 3.8) is 0 Å². The van der Waals surface area contributed by atoms with Crippen LogP contribution in [0.4, 0.5) is 27.5 Å². The van der Waals surface area contributed by atoms with Crippen LogP contribution in [0.5, 0.6) is 0 Å². The third kappa shape index (κ3) is 4.48. The molecule has 1 atom stereocenters. The van der Waals surface area contributed by atoms with E-state index in [9.17, 15) is 9.18 Å². The Labute approximate surface area is 168 Å². The van der Waals surface area contributed by atoms with Crippen molar-refractivity contribution < 1.29 is 9.18 Å². The fourth-order valence-electron chi connectivity index (χ4n) is 3.28. The Morgan fingerprint density at radius 2 is 1.90 bits per heavy atom. The van der Waals surface area contributed by atoms with E-state index in [0.29, 0.717) is 30.4 Å². The first kappa shape index (κ1) is 18.8. The van der Waals surface area contributed by atoms with Crippen molar-refractivity contribution in [1.82, 2.24) is 15.0 Å². The molecular weight excluding hydrogens is 371 g/mol. The number of pyridine rings is 1. The average Bonchev–Trinajstić information content (AvgIpc) is 3.15. The summed E-state index contributed by atoms with van der Waals surface area (Å²) in [5.74, 6) is 1.53. The summed E-state index contributed by atoms with van der Waals surface area (Å²) < 4.78 is 13.2. The van der Waals surface area contributed by atoms with Crippen molar-refractivity contribution in [1.29, 1.82) is 0 Å². The van der Waals surface area contributed by atoms with Gasteiger partial charge in [0.15, 0.2) is 0 Å². The highest BCUT2D eigenvalue weighted by Gasteiger charge is 2.23. The van der Waals surface area contributed by atoms with Gasteiger partial charge in [0.05, 0.1) is 11.9 Å². The normalized spacial score (nSPS) is 14.7. The van der Waals surface area contributed by atoms with E-state index >= 15 is 0 Å². The standard InChI is InChI=1S/C21H21FN6O/c1-14(15-4-6-16(22)7-5-15)25-18-11-17(28-10-2-3-21(28)29)12-19(26-18)27-20-13-23-8-9-24-20/h4-9,11-14H,2-3,10H2,1H3,(H2,24,25,26,27)/t14-/m0/s1. The number of nitrogens with one attached hydrogen (secondary N) is 2. The molecule has 148 valence electrons. The molecule has 4 rings (SSSR count). The van der Waals surface area contributed by atoms with Crippen LogP contribution in [0, 0.1) is 5.82 Å². The lowest BCUT2D eigenvalue weighted by atomic mass is 10.1. The molecule has 1 aliphatic heterocycles. The zero-order valence-electron chi connectivity index (χ0n) is 16.0. The number of carbonyl (C=O) groups excluding carboxylic acids is 1. The van der Waals surface area contributed by atoms with Gasteiger partial charge in [-0.3, -0.25) is 9.78 Å². The molecule has 2 aromatic heterocycles. The number of hydrogen-bond donors (Lipinski definition) is 2. The van der Waals surface area contributed by atoms with E-state index in [4.69, 9.17) is 0 Å². The molecule has 1 aliphatic rings. The summed E-state index contributed by atoms with van der Waals surface area (Å²) in [5, 5.41) is 6.47. The van der Waals surface area contributed by atoms with Crippen molar-refractivity contribution in [3.05, 3.63) is 66.4 Å². The lowest BCUT2D eigenvalue weighted by molar-refractivity contribution is -0.117. The second kappa shape index (κ2) is 8.22. The number of aromatic nitrogens is 3. The summed E-state index contributed by atoms with van der Waals surface area (Å²) in [4.78, 5) is 26.9. The van der Waals surface area contributed by atoms with E-state index in [1.807, 2.05) is 19.1 Å². The van der Waals surface area contributed by atoms with Crippen LogP contribution < -0.4 is 15.5 Å². The maximum Gasteiger partial charge on any atom is 0.227 e. The molecule has 1 aromatic carbocycles. The van der Waals surface area contributed by atoms with Gasteiger partial charge in [-0.15, -0.1) is 0 Å². The highest BCUT2D eigenvalue weighted by atomic mass is 19.1. The van der Waals surface area contributed by atoms with E-state index < -0.39 is 0 Å². The van der Waals surface area contributed by atoms with Gasteiger partial charge in [0.25, 0.3) is 0 Å².